The third-order valence-corrected chi connectivity index (χ3v) is 2.79. The third kappa shape index (κ3) is 3.11. The molecule has 0 spiro atoms. The molecular weight excluding hydrogens is 222 g/mol. The molecule has 84 valence electrons. The molecular formula is C13H14ClNO. The van der Waals surface area contributed by atoms with Crippen molar-refractivity contribution in [3.8, 4) is 0 Å². The van der Waals surface area contributed by atoms with Gasteiger partial charge in [-0.05, 0) is 43.0 Å². The summed E-state index contributed by atoms with van der Waals surface area (Å²) in [7, 11) is 0. The second-order valence-corrected chi connectivity index (χ2v) is 4.56. The molecule has 1 amide bonds. The fourth-order valence-electron chi connectivity index (χ4n) is 1.48. The summed E-state index contributed by atoms with van der Waals surface area (Å²) >= 11 is 5.89. The largest absolute Gasteiger partial charge is 0.350 e. The number of rotatable bonds is 3. The Bertz CT molecular complexity index is 435. The van der Waals surface area contributed by atoms with E-state index in [-0.39, 0.29) is 5.91 Å². The summed E-state index contributed by atoms with van der Waals surface area (Å²) in [5.74, 6) is -0.0139. The fraction of sp³-hybridized carbons (Fsp3) is 0.308. The maximum Gasteiger partial charge on any atom is 0.244 e. The zero-order valence-corrected chi connectivity index (χ0v) is 9.92. The predicted octanol–water partition coefficient (Wildman–Crippen LogP) is 3.02. The molecule has 2 nitrogen and oxygen atoms in total. The molecule has 1 aliphatic rings. The van der Waals surface area contributed by atoms with E-state index in [0.29, 0.717) is 11.1 Å². The van der Waals surface area contributed by atoms with Gasteiger partial charge in [0.25, 0.3) is 0 Å². The van der Waals surface area contributed by atoms with Crippen LogP contribution in [0.25, 0.3) is 5.57 Å². The van der Waals surface area contributed by atoms with Crippen molar-refractivity contribution in [3.05, 3.63) is 40.9 Å². The summed E-state index contributed by atoms with van der Waals surface area (Å²) in [6.07, 6.45) is 3.84. The van der Waals surface area contributed by atoms with Crippen molar-refractivity contribution in [2.24, 2.45) is 0 Å². The van der Waals surface area contributed by atoms with Crippen LogP contribution in [-0.2, 0) is 4.79 Å². The summed E-state index contributed by atoms with van der Waals surface area (Å²) in [5, 5.41) is 3.61. The molecule has 1 aromatic rings. The Morgan fingerprint density at radius 1 is 1.50 bits per heavy atom. The average molecular weight is 236 g/mol. The first-order valence-electron chi connectivity index (χ1n) is 5.40. The van der Waals surface area contributed by atoms with Gasteiger partial charge in [0.15, 0.2) is 0 Å². The van der Waals surface area contributed by atoms with Crippen molar-refractivity contribution in [1.29, 1.82) is 0 Å². The number of hydrogen-bond acceptors (Lipinski definition) is 1. The normalized spacial score (nSPS) is 16.0. The highest BCUT2D eigenvalue weighted by Gasteiger charge is 2.22. The Morgan fingerprint density at radius 3 is 2.88 bits per heavy atom. The van der Waals surface area contributed by atoms with E-state index >= 15 is 0 Å². The third-order valence-electron chi connectivity index (χ3n) is 2.55. The number of allylic oxidation sites excluding steroid dienone is 1. The Kier molecular flexibility index (Phi) is 3.30. The van der Waals surface area contributed by atoms with Crippen LogP contribution in [-0.4, -0.2) is 11.9 Å². The van der Waals surface area contributed by atoms with Crippen LogP contribution in [0.4, 0.5) is 0 Å². The van der Waals surface area contributed by atoms with Crippen LogP contribution in [0.1, 0.15) is 25.3 Å². The molecule has 1 aromatic carbocycles. The lowest BCUT2D eigenvalue weighted by Crippen LogP contribution is -2.23. The van der Waals surface area contributed by atoms with Crippen LogP contribution in [0.2, 0.25) is 5.02 Å². The van der Waals surface area contributed by atoms with Crippen molar-refractivity contribution in [2.75, 3.05) is 0 Å². The minimum absolute atomic E-state index is 0.0139. The van der Waals surface area contributed by atoms with Crippen LogP contribution in [0.5, 0.6) is 0 Å². The minimum atomic E-state index is -0.0139. The first-order chi connectivity index (χ1) is 7.65. The van der Waals surface area contributed by atoms with E-state index in [1.165, 1.54) is 0 Å². The standard InChI is InChI=1S/C13H14ClNO/c1-9(7-13(16)15-12-5-6-12)10-3-2-4-11(14)8-10/h2-4,7-8,12H,5-6H2,1H3,(H,15,16)/b9-7+. The Labute approximate surface area is 100 Å². The molecule has 1 N–H and O–H groups in total. The number of nitrogens with one attached hydrogen (secondary N) is 1. The monoisotopic (exact) mass is 235 g/mol. The molecule has 2 rings (SSSR count). The van der Waals surface area contributed by atoms with Crippen molar-refractivity contribution in [1.82, 2.24) is 5.32 Å². The first kappa shape index (κ1) is 11.2. The molecule has 0 heterocycles. The van der Waals surface area contributed by atoms with E-state index in [0.717, 1.165) is 24.0 Å². The van der Waals surface area contributed by atoms with Gasteiger partial charge in [-0.25, -0.2) is 0 Å². The number of carbonyl (C=O) groups excluding carboxylic acids is 1. The number of benzene rings is 1. The summed E-state index contributed by atoms with van der Waals surface area (Å²) in [5.41, 5.74) is 1.92. The molecule has 0 saturated heterocycles. The number of carbonyl (C=O) groups is 1. The molecule has 16 heavy (non-hydrogen) atoms. The highest BCUT2D eigenvalue weighted by Crippen LogP contribution is 2.20. The van der Waals surface area contributed by atoms with Gasteiger partial charge in [-0.2, -0.15) is 0 Å². The Morgan fingerprint density at radius 2 is 2.25 bits per heavy atom. The van der Waals surface area contributed by atoms with Crippen molar-refractivity contribution >= 4 is 23.1 Å². The maximum absolute atomic E-state index is 11.5. The lowest BCUT2D eigenvalue weighted by atomic mass is 10.1. The van der Waals surface area contributed by atoms with Gasteiger partial charge < -0.3 is 5.32 Å². The van der Waals surface area contributed by atoms with E-state index in [4.69, 9.17) is 11.6 Å². The molecule has 1 saturated carbocycles. The smallest absolute Gasteiger partial charge is 0.244 e. The highest BCUT2D eigenvalue weighted by atomic mass is 35.5. The summed E-state index contributed by atoms with van der Waals surface area (Å²) in [6.45, 7) is 1.91. The zero-order valence-electron chi connectivity index (χ0n) is 9.16. The highest BCUT2D eigenvalue weighted by molar-refractivity contribution is 6.30. The van der Waals surface area contributed by atoms with E-state index in [1.54, 1.807) is 6.08 Å². The minimum Gasteiger partial charge on any atom is -0.350 e. The number of amides is 1. The van der Waals surface area contributed by atoms with Gasteiger partial charge in [-0.3, -0.25) is 4.79 Å². The quantitative estimate of drug-likeness (QED) is 0.802. The van der Waals surface area contributed by atoms with Crippen LogP contribution in [0.3, 0.4) is 0 Å². The molecule has 0 bridgehead atoms. The molecule has 1 fully saturated rings. The van der Waals surface area contributed by atoms with Gasteiger partial charge in [0, 0.05) is 17.1 Å². The molecule has 1 aliphatic carbocycles. The maximum atomic E-state index is 11.5. The van der Waals surface area contributed by atoms with Gasteiger partial charge in [0.2, 0.25) is 5.91 Å². The van der Waals surface area contributed by atoms with Gasteiger partial charge in [-0.1, -0.05) is 23.7 Å². The van der Waals surface area contributed by atoms with Crippen LogP contribution >= 0.6 is 11.6 Å². The van der Waals surface area contributed by atoms with E-state index < -0.39 is 0 Å². The summed E-state index contributed by atoms with van der Waals surface area (Å²) < 4.78 is 0. The second kappa shape index (κ2) is 4.71. The lowest BCUT2D eigenvalue weighted by molar-refractivity contribution is -0.116. The van der Waals surface area contributed by atoms with E-state index in [2.05, 4.69) is 5.32 Å². The molecule has 0 unspecified atom stereocenters. The van der Waals surface area contributed by atoms with Gasteiger partial charge in [0.1, 0.15) is 0 Å². The van der Waals surface area contributed by atoms with Crippen LogP contribution in [0, 0.1) is 0 Å². The van der Waals surface area contributed by atoms with Crippen molar-refractivity contribution < 1.29 is 4.79 Å². The Hall–Kier alpha value is -1.28. The lowest BCUT2D eigenvalue weighted by Gasteiger charge is -2.03. The number of halogens is 1. The fourth-order valence-corrected chi connectivity index (χ4v) is 1.67. The second-order valence-electron chi connectivity index (χ2n) is 4.12. The Balaban J connectivity index is 2.07. The predicted molar refractivity (Wildman–Crippen MR) is 66.3 cm³/mol. The SMILES string of the molecule is C/C(=C\C(=O)NC1CC1)c1cccc(Cl)c1. The van der Waals surface area contributed by atoms with E-state index in [1.807, 2.05) is 31.2 Å². The van der Waals surface area contributed by atoms with Crippen molar-refractivity contribution in [2.45, 2.75) is 25.8 Å². The van der Waals surface area contributed by atoms with E-state index in [9.17, 15) is 4.79 Å². The van der Waals surface area contributed by atoms with Crippen LogP contribution < -0.4 is 5.32 Å². The topological polar surface area (TPSA) is 29.1 Å². The molecule has 3 heteroatoms. The molecule has 0 atom stereocenters. The van der Waals surface area contributed by atoms with Crippen LogP contribution in [0.15, 0.2) is 30.3 Å². The summed E-state index contributed by atoms with van der Waals surface area (Å²) in [6, 6.07) is 7.91. The van der Waals surface area contributed by atoms with Gasteiger partial charge in [0.05, 0.1) is 0 Å². The van der Waals surface area contributed by atoms with Gasteiger partial charge in [-0.15, -0.1) is 0 Å². The summed E-state index contributed by atoms with van der Waals surface area (Å²) in [4.78, 5) is 11.5. The van der Waals surface area contributed by atoms with Gasteiger partial charge >= 0.3 is 0 Å². The molecule has 0 aliphatic heterocycles. The molecule has 0 radical (unpaired) electrons. The zero-order chi connectivity index (χ0) is 11.5. The average Bonchev–Trinajstić information content (AvgIpc) is 3.01. The first-order valence-corrected chi connectivity index (χ1v) is 5.77. The van der Waals surface area contributed by atoms with Crippen molar-refractivity contribution in [3.63, 3.8) is 0 Å². The number of hydrogen-bond donors (Lipinski definition) is 1. The molecule has 0 aromatic heterocycles.